The van der Waals surface area contributed by atoms with E-state index in [-0.39, 0.29) is 11.8 Å². The number of methoxy groups -OCH3 is 2. The van der Waals surface area contributed by atoms with Crippen LogP contribution >= 0.6 is 0 Å². The van der Waals surface area contributed by atoms with E-state index in [0.717, 1.165) is 11.1 Å². The molecule has 0 bridgehead atoms. The lowest BCUT2D eigenvalue weighted by Crippen LogP contribution is -2.36. The molecule has 0 spiro atoms. The van der Waals surface area contributed by atoms with Crippen molar-refractivity contribution in [2.45, 2.75) is 13.5 Å². The molecule has 2 aromatic rings. The summed E-state index contributed by atoms with van der Waals surface area (Å²) in [5.74, 6) is 1.04. The Morgan fingerprint density at radius 3 is 2.46 bits per heavy atom. The van der Waals surface area contributed by atoms with Gasteiger partial charge in [0, 0.05) is 44.3 Å². The number of rotatable bonds is 9. The predicted octanol–water partition coefficient (Wildman–Crippen LogP) is 2.88. The average molecular weight is 382 g/mol. The molecule has 0 aliphatic rings. The summed E-state index contributed by atoms with van der Waals surface area (Å²) in [4.78, 5) is 25.6. The van der Waals surface area contributed by atoms with Gasteiger partial charge in [0.05, 0.1) is 14.2 Å². The highest BCUT2D eigenvalue weighted by atomic mass is 16.5. The van der Waals surface area contributed by atoms with Crippen molar-refractivity contribution in [1.82, 2.24) is 10.2 Å². The first kappa shape index (κ1) is 21.0. The molecule has 0 saturated carbocycles. The van der Waals surface area contributed by atoms with Gasteiger partial charge in [0.25, 0.3) is 0 Å². The minimum absolute atomic E-state index is 0.120. The lowest BCUT2D eigenvalue weighted by molar-refractivity contribution is -0.127. The number of hydrogen-bond donors (Lipinski definition) is 1. The van der Waals surface area contributed by atoms with Gasteiger partial charge in [-0.15, -0.1) is 0 Å². The van der Waals surface area contributed by atoms with Gasteiger partial charge in [0.15, 0.2) is 0 Å². The maximum absolute atomic E-state index is 12.8. The average Bonchev–Trinajstić information content (AvgIpc) is 2.71. The largest absolute Gasteiger partial charge is 0.497 e. The van der Waals surface area contributed by atoms with E-state index in [2.05, 4.69) is 5.32 Å². The van der Waals surface area contributed by atoms with Crippen LogP contribution in [0.4, 0.5) is 0 Å². The van der Waals surface area contributed by atoms with Crippen LogP contribution in [0.2, 0.25) is 0 Å². The third kappa shape index (κ3) is 6.46. The Labute approximate surface area is 165 Å². The van der Waals surface area contributed by atoms with Crippen molar-refractivity contribution in [2.75, 3.05) is 27.3 Å². The van der Waals surface area contributed by atoms with E-state index < -0.39 is 0 Å². The minimum Gasteiger partial charge on any atom is -0.497 e. The molecule has 0 unspecified atom stereocenters. The third-order valence-corrected chi connectivity index (χ3v) is 4.13. The quantitative estimate of drug-likeness (QED) is 0.677. The first-order valence-electron chi connectivity index (χ1n) is 9.01. The molecule has 0 fully saturated rings. The monoisotopic (exact) mass is 382 g/mol. The van der Waals surface area contributed by atoms with Gasteiger partial charge in [0.2, 0.25) is 11.8 Å². The van der Waals surface area contributed by atoms with Gasteiger partial charge >= 0.3 is 0 Å². The van der Waals surface area contributed by atoms with Crippen molar-refractivity contribution >= 4 is 17.9 Å². The number of hydrogen-bond acceptors (Lipinski definition) is 4. The van der Waals surface area contributed by atoms with Crippen LogP contribution in [0.25, 0.3) is 6.08 Å². The van der Waals surface area contributed by atoms with Crippen LogP contribution in [0.1, 0.15) is 18.1 Å². The summed E-state index contributed by atoms with van der Waals surface area (Å²) < 4.78 is 10.6. The van der Waals surface area contributed by atoms with Crippen LogP contribution in [0.15, 0.2) is 54.6 Å². The molecule has 28 heavy (non-hydrogen) atoms. The van der Waals surface area contributed by atoms with Crippen LogP contribution in [0.5, 0.6) is 11.5 Å². The second-order valence-corrected chi connectivity index (χ2v) is 6.17. The van der Waals surface area contributed by atoms with Gasteiger partial charge in [-0.1, -0.05) is 30.3 Å². The zero-order chi connectivity index (χ0) is 20.4. The second-order valence-electron chi connectivity index (χ2n) is 6.17. The fourth-order valence-electron chi connectivity index (χ4n) is 2.66. The van der Waals surface area contributed by atoms with Gasteiger partial charge in [0.1, 0.15) is 11.5 Å². The third-order valence-electron chi connectivity index (χ3n) is 4.13. The highest BCUT2D eigenvalue weighted by molar-refractivity contribution is 5.92. The summed E-state index contributed by atoms with van der Waals surface area (Å²) in [6.45, 7) is 2.73. The summed E-state index contributed by atoms with van der Waals surface area (Å²) in [7, 11) is 3.16. The molecule has 0 saturated heterocycles. The van der Waals surface area contributed by atoms with E-state index in [4.69, 9.17) is 9.47 Å². The molecule has 2 aromatic carbocycles. The molecule has 1 N–H and O–H groups in total. The lowest BCUT2D eigenvalue weighted by Gasteiger charge is -2.21. The van der Waals surface area contributed by atoms with Crippen LogP contribution in [-0.4, -0.2) is 44.0 Å². The summed E-state index contributed by atoms with van der Waals surface area (Å²) in [5, 5.41) is 2.73. The SMILES string of the molecule is COc1ccc(C=CC(=O)N(CCNC(C)=O)Cc2ccccc2)c(OC)c1. The Morgan fingerprint density at radius 1 is 1.07 bits per heavy atom. The topological polar surface area (TPSA) is 67.9 Å². The Balaban J connectivity index is 2.14. The molecule has 148 valence electrons. The first-order valence-corrected chi connectivity index (χ1v) is 9.01. The highest BCUT2D eigenvalue weighted by Gasteiger charge is 2.12. The Bertz CT molecular complexity index is 819. The number of nitrogens with zero attached hydrogens (tertiary/aromatic N) is 1. The molecular formula is C22H26N2O4. The van der Waals surface area contributed by atoms with Crippen molar-refractivity contribution < 1.29 is 19.1 Å². The van der Waals surface area contributed by atoms with Crippen molar-refractivity contribution in [2.24, 2.45) is 0 Å². The fraction of sp³-hybridized carbons (Fsp3) is 0.273. The first-order chi connectivity index (χ1) is 13.5. The van der Waals surface area contributed by atoms with E-state index in [1.54, 1.807) is 31.3 Å². The molecule has 0 aromatic heterocycles. The zero-order valence-electron chi connectivity index (χ0n) is 16.5. The lowest BCUT2D eigenvalue weighted by atomic mass is 10.1. The molecule has 2 amide bonds. The Morgan fingerprint density at radius 2 is 1.82 bits per heavy atom. The number of ether oxygens (including phenoxy) is 2. The molecule has 6 heteroatoms. The molecular weight excluding hydrogens is 356 g/mol. The molecule has 0 aliphatic heterocycles. The smallest absolute Gasteiger partial charge is 0.246 e. The van der Waals surface area contributed by atoms with Crippen LogP contribution < -0.4 is 14.8 Å². The summed E-state index contributed by atoms with van der Waals surface area (Å²) >= 11 is 0. The predicted molar refractivity (Wildman–Crippen MR) is 109 cm³/mol. The van der Waals surface area contributed by atoms with Gasteiger partial charge in [-0.2, -0.15) is 0 Å². The number of benzene rings is 2. The standard InChI is InChI=1S/C22H26N2O4/c1-17(25)23-13-14-24(16-18-7-5-4-6-8-18)22(26)12-10-19-9-11-20(27-2)15-21(19)28-3/h4-12,15H,13-14,16H2,1-3H3,(H,23,25). The Hall–Kier alpha value is -3.28. The molecule has 0 heterocycles. The highest BCUT2D eigenvalue weighted by Crippen LogP contribution is 2.25. The van der Waals surface area contributed by atoms with Gasteiger partial charge in [-0.25, -0.2) is 0 Å². The summed E-state index contributed by atoms with van der Waals surface area (Å²) in [6.07, 6.45) is 3.23. The van der Waals surface area contributed by atoms with E-state index in [9.17, 15) is 9.59 Å². The maximum atomic E-state index is 12.8. The van der Waals surface area contributed by atoms with Crippen LogP contribution in [-0.2, 0) is 16.1 Å². The molecule has 6 nitrogen and oxygen atoms in total. The summed E-state index contributed by atoms with van der Waals surface area (Å²) in [6, 6.07) is 15.1. The fourth-order valence-corrected chi connectivity index (χ4v) is 2.66. The second kappa shape index (κ2) is 10.8. The maximum Gasteiger partial charge on any atom is 0.246 e. The van der Waals surface area contributed by atoms with Gasteiger partial charge < -0.3 is 19.7 Å². The van der Waals surface area contributed by atoms with Crippen molar-refractivity contribution in [3.63, 3.8) is 0 Å². The van der Waals surface area contributed by atoms with Gasteiger partial charge in [-0.3, -0.25) is 9.59 Å². The van der Waals surface area contributed by atoms with Crippen molar-refractivity contribution in [1.29, 1.82) is 0 Å². The zero-order valence-corrected chi connectivity index (χ0v) is 16.5. The number of amides is 2. The van der Waals surface area contributed by atoms with E-state index >= 15 is 0 Å². The number of nitrogens with one attached hydrogen (secondary N) is 1. The van der Waals surface area contributed by atoms with E-state index in [1.165, 1.54) is 13.0 Å². The molecule has 0 aliphatic carbocycles. The Kier molecular flexibility index (Phi) is 8.09. The molecule has 2 rings (SSSR count). The number of carbonyl (C=O) groups is 2. The van der Waals surface area contributed by atoms with E-state index in [1.807, 2.05) is 42.5 Å². The van der Waals surface area contributed by atoms with E-state index in [0.29, 0.717) is 31.1 Å². The van der Waals surface area contributed by atoms with Crippen LogP contribution in [0, 0.1) is 0 Å². The van der Waals surface area contributed by atoms with Crippen LogP contribution in [0.3, 0.4) is 0 Å². The molecule has 0 radical (unpaired) electrons. The van der Waals surface area contributed by atoms with Gasteiger partial charge in [-0.05, 0) is 23.8 Å². The number of carbonyl (C=O) groups excluding carboxylic acids is 2. The normalized spacial score (nSPS) is 10.5. The van der Waals surface area contributed by atoms with Crippen molar-refractivity contribution in [3.05, 3.63) is 65.7 Å². The van der Waals surface area contributed by atoms with Crippen molar-refractivity contribution in [3.8, 4) is 11.5 Å². The minimum atomic E-state index is -0.146. The molecule has 0 atom stereocenters. The summed E-state index contributed by atoms with van der Waals surface area (Å²) in [5.41, 5.74) is 1.80.